The Hall–Kier alpha value is -1.32. The summed E-state index contributed by atoms with van der Waals surface area (Å²) in [5.41, 5.74) is 0.978. The van der Waals surface area contributed by atoms with Crippen molar-refractivity contribution in [1.82, 2.24) is 0 Å². The minimum absolute atomic E-state index is 0.0764. The predicted octanol–water partition coefficient (Wildman–Crippen LogP) is 5.31. The maximum absolute atomic E-state index is 12.6. The molecule has 25 heavy (non-hydrogen) atoms. The zero-order valence-corrected chi connectivity index (χ0v) is 17.3. The fourth-order valence-corrected chi connectivity index (χ4v) is 2.43. The van der Waals surface area contributed by atoms with Crippen molar-refractivity contribution in [3.63, 3.8) is 0 Å². The van der Waals surface area contributed by atoms with Gasteiger partial charge in [0.1, 0.15) is 0 Å². The van der Waals surface area contributed by atoms with Gasteiger partial charge in [-0.2, -0.15) is 0 Å². The Labute approximate surface area is 154 Å². The highest BCUT2D eigenvalue weighted by molar-refractivity contribution is 6.00. The summed E-state index contributed by atoms with van der Waals surface area (Å²) in [5, 5.41) is 0. The fourth-order valence-electron chi connectivity index (χ4n) is 2.43. The van der Waals surface area contributed by atoms with Crippen molar-refractivity contribution in [2.45, 2.75) is 80.6 Å². The van der Waals surface area contributed by atoms with E-state index in [4.69, 9.17) is 9.47 Å². The van der Waals surface area contributed by atoms with Crippen molar-refractivity contribution >= 4 is 11.9 Å². The number of carbonyl (C=O) groups is 2. The Kier molecular flexibility index (Phi) is 12.3. The van der Waals surface area contributed by atoms with E-state index < -0.39 is 0 Å². The molecule has 4 nitrogen and oxygen atoms in total. The van der Waals surface area contributed by atoms with Crippen LogP contribution in [0.2, 0.25) is 0 Å². The van der Waals surface area contributed by atoms with Crippen LogP contribution in [0.15, 0.2) is 11.1 Å². The molecule has 0 saturated heterocycles. The molecule has 0 bridgehead atoms. The van der Waals surface area contributed by atoms with Crippen molar-refractivity contribution in [3.05, 3.63) is 11.1 Å². The van der Waals surface area contributed by atoms with Crippen LogP contribution in [0, 0.1) is 17.8 Å². The third kappa shape index (κ3) is 10.3. The molecule has 0 unspecified atom stereocenters. The van der Waals surface area contributed by atoms with Gasteiger partial charge in [0.25, 0.3) is 0 Å². The lowest BCUT2D eigenvalue weighted by Gasteiger charge is -2.18. The lowest BCUT2D eigenvalue weighted by molar-refractivity contribution is -0.144. The molecule has 0 heterocycles. The van der Waals surface area contributed by atoms with Gasteiger partial charge in [-0.3, -0.25) is 0 Å². The Bertz CT molecular complexity index is 433. The monoisotopic (exact) mass is 354 g/mol. The molecule has 0 saturated carbocycles. The number of esters is 2. The highest BCUT2D eigenvalue weighted by atomic mass is 16.5. The van der Waals surface area contributed by atoms with Gasteiger partial charge in [0.05, 0.1) is 18.8 Å². The van der Waals surface area contributed by atoms with Gasteiger partial charge in [-0.25, -0.2) is 9.59 Å². The van der Waals surface area contributed by atoms with Gasteiger partial charge in [-0.05, 0) is 30.6 Å². The first-order valence-electron chi connectivity index (χ1n) is 9.77. The summed E-state index contributed by atoms with van der Waals surface area (Å²) < 4.78 is 10.8. The number of ether oxygens (including phenoxy) is 2. The summed E-state index contributed by atoms with van der Waals surface area (Å²) in [7, 11) is 0. The molecule has 0 aromatic carbocycles. The second kappa shape index (κ2) is 13.0. The molecule has 0 aliphatic heterocycles. The van der Waals surface area contributed by atoms with E-state index in [0.29, 0.717) is 30.8 Å². The predicted molar refractivity (Wildman–Crippen MR) is 102 cm³/mol. The van der Waals surface area contributed by atoms with Crippen LogP contribution in [0.4, 0.5) is 0 Å². The van der Waals surface area contributed by atoms with Crippen molar-refractivity contribution < 1.29 is 19.1 Å². The van der Waals surface area contributed by atoms with E-state index in [-0.39, 0.29) is 29.7 Å². The summed E-state index contributed by atoms with van der Waals surface area (Å²) in [6.45, 7) is 14.7. The summed E-state index contributed by atoms with van der Waals surface area (Å²) in [6, 6.07) is 0. The zero-order valence-electron chi connectivity index (χ0n) is 17.3. The van der Waals surface area contributed by atoms with Crippen LogP contribution in [0.25, 0.3) is 0 Å². The third-order valence-electron chi connectivity index (χ3n) is 3.74. The number of unbranched alkanes of at least 4 members (excludes halogenated alkanes) is 3. The normalized spacial score (nSPS) is 12.6. The van der Waals surface area contributed by atoms with Crippen LogP contribution < -0.4 is 0 Å². The lowest BCUT2D eigenvalue weighted by atomic mass is 9.93. The summed E-state index contributed by atoms with van der Waals surface area (Å²) in [6.07, 6.45) is 4.76. The number of carbonyl (C=O) groups excluding carboxylic acids is 2. The summed E-state index contributed by atoms with van der Waals surface area (Å²) in [4.78, 5) is 25.2. The number of hydrogen-bond acceptors (Lipinski definition) is 4. The van der Waals surface area contributed by atoms with E-state index in [1.54, 1.807) is 0 Å². The second-order valence-electron chi connectivity index (χ2n) is 7.84. The Morgan fingerprint density at radius 1 is 0.760 bits per heavy atom. The zero-order chi connectivity index (χ0) is 19.4. The number of hydrogen-bond donors (Lipinski definition) is 0. The van der Waals surface area contributed by atoms with Crippen molar-refractivity contribution in [1.29, 1.82) is 0 Å². The van der Waals surface area contributed by atoms with Crippen LogP contribution in [0.5, 0.6) is 0 Å². The van der Waals surface area contributed by atoms with Crippen molar-refractivity contribution in [2.24, 2.45) is 17.8 Å². The molecule has 0 radical (unpaired) electrons. The molecule has 0 aromatic rings. The molecule has 0 aromatic heterocycles. The Morgan fingerprint density at radius 2 is 1.28 bits per heavy atom. The Balaban J connectivity index is 5.41. The summed E-state index contributed by atoms with van der Waals surface area (Å²) in [5.74, 6) is -0.294. The van der Waals surface area contributed by atoms with Gasteiger partial charge < -0.3 is 9.47 Å². The first kappa shape index (κ1) is 23.7. The van der Waals surface area contributed by atoms with Gasteiger partial charge in [-0.15, -0.1) is 0 Å². The second-order valence-corrected chi connectivity index (χ2v) is 7.84. The molecule has 0 N–H and O–H groups in total. The van der Waals surface area contributed by atoms with Gasteiger partial charge in [0, 0.05) is 5.57 Å². The van der Waals surface area contributed by atoms with Gasteiger partial charge in [-0.1, -0.05) is 67.7 Å². The molecular weight excluding hydrogens is 316 g/mol. The third-order valence-corrected chi connectivity index (χ3v) is 3.74. The lowest BCUT2D eigenvalue weighted by Crippen LogP contribution is -2.22. The average molecular weight is 355 g/mol. The van der Waals surface area contributed by atoms with E-state index in [9.17, 15) is 9.59 Å². The standard InChI is InChI=1S/C21H38O4/c1-8-9-10-11-12-18(20(22)24-13-15(2)3)19(17(6)7)21(23)25-14-16(4)5/h15-17H,8-14H2,1-7H3/b19-18-. The quantitative estimate of drug-likeness (QED) is 0.271. The smallest absolute Gasteiger partial charge is 0.334 e. The maximum atomic E-state index is 12.6. The van der Waals surface area contributed by atoms with E-state index in [1.807, 2.05) is 41.5 Å². The first-order chi connectivity index (χ1) is 11.7. The SMILES string of the molecule is CCCCCC/C(C(=O)OCC(C)C)=C(/C(=O)OCC(C)C)C(C)C. The summed E-state index contributed by atoms with van der Waals surface area (Å²) >= 11 is 0. The Morgan fingerprint density at radius 3 is 1.72 bits per heavy atom. The van der Waals surface area contributed by atoms with Crippen LogP contribution in [-0.4, -0.2) is 25.2 Å². The molecule has 0 aliphatic carbocycles. The highest BCUT2D eigenvalue weighted by Crippen LogP contribution is 2.24. The highest BCUT2D eigenvalue weighted by Gasteiger charge is 2.26. The molecule has 0 fully saturated rings. The van der Waals surface area contributed by atoms with Gasteiger partial charge in [0.15, 0.2) is 0 Å². The molecule has 0 atom stereocenters. The van der Waals surface area contributed by atoms with Gasteiger partial charge in [0.2, 0.25) is 0 Å². The molecule has 0 amide bonds. The van der Waals surface area contributed by atoms with Crippen LogP contribution >= 0.6 is 0 Å². The molecule has 0 spiro atoms. The van der Waals surface area contributed by atoms with Crippen LogP contribution in [0.1, 0.15) is 80.6 Å². The first-order valence-corrected chi connectivity index (χ1v) is 9.77. The van der Waals surface area contributed by atoms with Crippen LogP contribution in [0.3, 0.4) is 0 Å². The maximum Gasteiger partial charge on any atom is 0.334 e. The fraction of sp³-hybridized carbons (Fsp3) is 0.810. The molecule has 0 aliphatic rings. The average Bonchev–Trinajstić information content (AvgIpc) is 2.52. The minimum atomic E-state index is -0.379. The van der Waals surface area contributed by atoms with Crippen molar-refractivity contribution in [3.8, 4) is 0 Å². The van der Waals surface area contributed by atoms with Crippen molar-refractivity contribution in [2.75, 3.05) is 13.2 Å². The van der Waals surface area contributed by atoms with E-state index in [0.717, 1.165) is 25.7 Å². The van der Waals surface area contributed by atoms with E-state index in [2.05, 4.69) is 6.92 Å². The molecule has 4 heteroatoms. The topological polar surface area (TPSA) is 52.6 Å². The molecule has 0 rings (SSSR count). The van der Waals surface area contributed by atoms with Crippen LogP contribution in [-0.2, 0) is 19.1 Å². The largest absolute Gasteiger partial charge is 0.462 e. The number of rotatable bonds is 12. The minimum Gasteiger partial charge on any atom is -0.462 e. The van der Waals surface area contributed by atoms with E-state index >= 15 is 0 Å². The molecule has 146 valence electrons. The van der Waals surface area contributed by atoms with E-state index in [1.165, 1.54) is 0 Å². The van der Waals surface area contributed by atoms with Gasteiger partial charge >= 0.3 is 11.9 Å². The molecular formula is C21H38O4.